The van der Waals surface area contributed by atoms with E-state index in [2.05, 4.69) is 19.9 Å². The first-order valence-corrected chi connectivity index (χ1v) is 10.3. The summed E-state index contributed by atoms with van der Waals surface area (Å²) in [7, 11) is 1.56. The van der Waals surface area contributed by atoms with E-state index in [0.717, 1.165) is 11.4 Å². The quantitative estimate of drug-likeness (QED) is 0.475. The number of halogens is 4. The first-order valence-electron chi connectivity index (χ1n) is 10.3. The summed E-state index contributed by atoms with van der Waals surface area (Å²) in [6, 6.07) is 1.18. The fraction of sp³-hybridized carbons (Fsp3) is 0.348. The van der Waals surface area contributed by atoms with Gasteiger partial charge >= 0.3 is 6.18 Å². The lowest BCUT2D eigenvalue weighted by atomic mass is 9.93. The van der Waals surface area contributed by atoms with Gasteiger partial charge in [0.2, 0.25) is 5.95 Å². The van der Waals surface area contributed by atoms with Crippen LogP contribution in [-0.2, 0) is 9.47 Å². The summed E-state index contributed by atoms with van der Waals surface area (Å²) in [5, 5.41) is 0. The highest BCUT2D eigenvalue weighted by Crippen LogP contribution is 2.36. The molecule has 10 heteroatoms. The van der Waals surface area contributed by atoms with Crippen molar-refractivity contribution in [3.05, 3.63) is 71.0 Å². The number of H-pyrrole nitrogens is 1. The number of rotatable bonds is 6. The monoisotopic (exact) mass is 462 g/mol. The van der Waals surface area contributed by atoms with Gasteiger partial charge in [0.1, 0.15) is 30.0 Å². The lowest BCUT2D eigenvalue weighted by Gasteiger charge is -2.23. The molecular weight excluding hydrogens is 440 g/mol. The molecule has 1 aliphatic carbocycles. The van der Waals surface area contributed by atoms with Crippen molar-refractivity contribution in [3.8, 4) is 11.4 Å². The molecule has 0 bridgehead atoms. The molecule has 174 valence electrons. The van der Waals surface area contributed by atoms with Crippen LogP contribution in [0.5, 0.6) is 0 Å². The van der Waals surface area contributed by atoms with Gasteiger partial charge in [-0.25, -0.2) is 9.97 Å². The number of dihydropyridines is 1. The topological polar surface area (TPSA) is 72.4 Å². The van der Waals surface area contributed by atoms with E-state index in [-0.39, 0.29) is 18.9 Å². The SMILES string of the molecule is COC1=CC(OCC2=CCC(C(F)(F)F)N=C2)=CCC1c1nc(-c2ccc(F)nc2)[nH]c1C. The third-order valence-corrected chi connectivity index (χ3v) is 5.48. The van der Waals surface area contributed by atoms with Crippen molar-refractivity contribution < 1.29 is 27.0 Å². The third kappa shape index (κ3) is 5.15. The van der Waals surface area contributed by atoms with Crippen molar-refractivity contribution in [1.82, 2.24) is 15.0 Å². The minimum absolute atomic E-state index is 0.112. The summed E-state index contributed by atoms with van der Waals surface area (Å²) in [5.41, 5.74) is 2.90. The predicted molar refractivity (Wildman–Crippen MR) is 114 cm³/mol. The minimum atomic E-state index is -4.34. The Morgan fingerprint density at radius 1 is 1.18 bits per heavy atom. The lowest BCUT2D eigenvalue weighted by Crippen LogP contribution is -2.28. The molecule has 0 saturated carbocycles. The molecule has 0 radical (unpaired) electrons. The van der Waals surface area contributed by atoms with Crippen LogP contribution in [0.25, 0.3) is 11.4 Å². The Labute approximate surface area is 187 Å². The smallest absolute Gasteiger partial charge is 0.411 e. The summed E-state index contributed by atoms with van der Waals surface area (Å²) in [6.45, 7) is 2.01. The van der Waals surface area contributed by atoms with Gasteiger partial charge in [0.15, 0.2) is 0 Å². The van der Waals surface area contributed by atoms with Crippen LogP contribution in [0.1, 0.15) is 30.1 Å². The molecule has 0 spiro atoms. The van der Waals surface area contributed by atoms with E-state index in [0.29, 0.717) is 34.9 Å². The molecule has 0 saturated heterocycles. The molecule has 2 aromatic heterocycles. The standard InChI is InChI=1S/C23H22F4N4O2/c1-13-21(31-22(30-13)15-4-8-20(24)29-11-15)17-6-5-16(9-18(17)32-2)33-12-14-3-7-19(28-10-14)23(25,26)27/h3-5,8-11,17,19H,6-7,12H2,1-2H3,(H,30,31). The molecule has 3 heterocycles. The van der Waals surface area contributed by atoms with Crippen molar-refractivity contribution >= 4 is 6.21 Å². The van der Waals surface area contributed by atoms with Gasteiger partial charge < -0.3 is 14.5 Å². The maximum Gasteiger partial charge on any atom is 0.411 e. The number of aromatic amines is 1. The van der Waals surface area contributed by atoms with E-state index in [1.807, 2.05) is 13.0 Å². The number of aliphatic imine (C=N–C) groups is 1. The van der Waals surface area contributed by atoms with Crippen LogP contribution < -0.4 is 0 Å². The molecule has 1 aliphatic heterocycles. The number of nitrogens with one attached hydrogen (secondary N) is 1. The summed E-state index contributed by atoms with van der Waals surface area (Å²) in [6.07, 6.45) is 3.80. The molecule has 0 aromatic carbocycles. The van der Waals surface area contributed by atoms with Crippen LogP contribution >= 0.6 is 0 Å². The maximum absolute atomic E-state index is 13.1. The molecule has 2 unspecified atom stereocenters. The number of methoxy groups -OCH3 is 1. The summed E-state index contributed by atoms with van der Waals surface area (Å²) >= 11 is 0. The van der Waals surface area contributed by atoms with Gasteiger partial charge in [-0.05, 0) is 38.0 Å². The molecule has 4 rings (SSSR count). The number of pyridine rings is 1. The maximum atomic E-state index is 13.1. The number of aryl methyl sites for hydroxylation is 1. The number of hydrogen-bond acceptors (Lipinski definition) is 5. The number of allylic oxidation sites excluding steroid dienone is 3. The zero-order valence-electron chi connectivity index (χ0n) is 18.0. The molecule has 2 aromatic rings. The molecule has 2 aliphatic rings. The van der Waals surface area contributed by atoms with E-state index >= 15 is 0 Å². The average molecular weight is 462 g/mol. The number of nitrogens with zero attached hydrogens (tertiary/aromatic N) is 3. The Hall–Kier alpha value is -3.43. The first kappa shape index (κ1) is 22.8. The fourth-order valence-electron chi connectivity index (χ4n) is 3.71. The highest BCUT2D eigenvalue weighted by molar-refractivity contribution is 5.80. The Bertz CT molecular complexity index is 1130. The zero-order valence-corrected chi connectivity index (χ0v) is 18.0. The number of imidazole rings is 1. The van der Waals surface area contributed by atoms with Crippen molar-refractivity contribution in [1.29, 1.82) is 0 Å². The molecule has 0 amide bonds. The van der Waals surface area contributed by atoms with E-state index < -0.39 is 18.2 Å². The fourth-order valence-corrected chi connectivity index (χ4v) is 3.71. The van der Waals surface area contributed by atoms with Crippen molar-refractivity contribution in [3.63, 3.8) is 0 Å². The Morgan fingerprint density at radius 2 is 2.00 bits per heavy atom. The Balaban J connectivity index is 1.43. The lowest BCUT2D eigenvalue weighted by molar-refractivity contribution is -0.146. The number of aromatic nitrogens is 3. The van der Waals surface area contributed by atoms with Crippen LogP contribution in [0.4, 0.5) is 17.6 Å². The molecule has 2 atom stereocenters. The van der Waals surface area contributed by atoms with Gasteiger partial charge in [0, 0.05) is 35.3 Å². The van der Waals surface area contributed by atoms with E-state index in [4.69, 9.17) is 9.47 Å². The second-order valence-corrected chi connectivity index (χ2v) is 7.75. The van der Waals surface area contributed by atoms with Gasteiger partial charge in [-0.2, -0.15) is 17.6 Å². The van der Waals surface area contributed by atoms with E-state index in [1.165, 1.54) is 24.6 Å². The van der Waals surface area contributed by atoms with Crippen molar-refractivity contribution in [2.75, 3.05) is 13.7 Å². The molecule has 1 N–H and O–H groups in total. The van der Waals surface area contributed by atoms with Crippen LogP contribution in [0.3, 0.4) is 0 Å². The van der Waals surface area contributed by atoms with Gasteiger partial charge in [0.25, 0.3) is 0 Å². The van der Waals surface area contributed by atoms with Crippen LogP contribution in [0.2, 0.25) is 0 Å². The highest BCUT2D eigenvalue weighted by atomic mass is 19.4. The van der Waals surface area contributed by atoms with Crippen LogP contribution in [0, 0.1) is 12.9 Å². The molecule has 33 heavy (non-hydrogen) atoms. The number of hydrogen-bond donors (Lipinski definition) is 1. The number of alkyl halides is 3. The van der Waals surface area contributed by atoms with Gasteiger partial charge in [-0.1, -0.05) is 6.08 Å². The van der Waals surface area contributed by atoms with E-state index in [1.54, 1.807) is 19.3 Å². The zero-order chi connectivity index (χ0) is 23.6. The second kappa shape index (κ2) is 9.21. The van der Waals surface area contributed by atoms with Crippen LogP contribution in [0.15, 0.2) is 58.6 Å². The van der Waals surface area contributed by atoms with E-state index in [9.17, 15) is 17.6 Å². The molecule has 0 fully saturated rings. The van der Waals surface area contributed by atoms with Crippen molar-refractivity contribution in [2.45, 2.75) is 37.9 Å². The molecule has 6 nitrogen and oxygen atoms in total. The molecular formula is C23H22F4N4O2. The van der Waals surface area contributed by atoms with Gasteiger partial charge in [-0.15, -0.1) is 0 Å². The largest absolute Gasteiger partial charge is 0.500 e. The Kier molecular flexibility index (Phi) is 6.35. The third-order valence-electron chi connectivity index (χ3n) is 5.48. The highest BCUT2D eigenvalue weighted by Gasteiger charge is 2.39. The summed E-state index contributed by atoms with van der Waals surface area (Å²) < 4.78 is 62.6. The predicted octanol–water partition coefficient (Wildman–Crippen LogP) is 5.17. The second-order valence-electron chi connectivity index (χ2n) is 7.75. The Morgan fingerprint density at radius 3 is 2.64 bits per heavy atom. The van der Waals surface area contributed by atoms with Crippen molar-refractivity contribution in [2.24, 2.45) is 4.99 Å². The summed E-state index contributed by atoms with van der Waals surface area (Å²) in [5.74, 6) is 1.08. The average Bonchev–Trinajstić information content (AvgIpc) is 3.19. The number of ether oxygens (including phenoxy) is 2. The normalized spacial score (nSPS) is 20.7. The minimum Gasteiger partial charge on any atom is -0.500 e. The first-order chi connectivity index (χ1) is 15.7. The van der Waals surface area contributed by atoms with Crippen LogP contribution in [-0.4, -0.2) is 47.1 Å². The summed E-state index contributed by atoms with van der Waals surface area (Å²) in [4.78, 5) is 15.1. The van der Waals surface area contributed by atoms with Gasteiger partial charge in [-0.3, -0.25) is 4.99 Å². The van der Waals surface area contributed by atoms with Gasteiger partial charge in [0.05, 0.1) is 18.7 Å².